The Hall–Kier alpha value is -2.82. The molecule has 0 aliphatic carbocycles. The molecule has 1 saturated heterocycles. The first-order valence-corrected chi connectivity index (χ1v) is 8.66. The third kappa shape index (κ3) is 5.59. The van der Waals surface area contributed by atoms with E-state index in [9.17, 15) is 27.2 Å². The molecule has 2 aromatic rings. The van der Waals surface area contributed by atoms with Gasteiger partial charge >= 0.3 is 6.36 Å². The lowest BCUT2D eigenvalue weighted by Crippen LogP contribution is -2.62. The number of rotatable bonds is 5. The first-order valence-electron chi connectivity index (χ1n) is 8.66. The van der Waals surface area contributed by atoms with E-state index in [-0.39, 0.29) is 24.2 Å². The smallest absolute Gasteiger partial charge is 0.292 e. The number of carbonyl (C=O) groups excluding carboxylic acids is 2. The number of benzene rings is 2. The van der Waals surface area contributed by atoms with Gasteiger partial charge in [-0.15, -0.1) is 13.2 Å². The van der Waals surface area contributed by atoms with E-state index >= 15 is 0 Å². The summed E-state index contributed by atoms with van der Waals surface area (Å²) in [5.41, 5.74) is 2.96. The first-order chi connectivity index (χ1) is 13.7. The molecule has 1 N–H and O–H groups in total. The van der Waals surface area contributed by atoms with Gasteiger partial charge in [0.15, 0.2) is 5.78 Å². The second-order valence-corrected chi connectivity index (χ2v) is 6.31. The second kappa shape index (κ2) is 8.68. The van der Waals surface area contributed by atoms with Crippen LogP contribution in [-0.2, 0) is 4.84 Å². The van der Waals surface area contributed by atoms with Gasteiger partial charge in [0.05, 0.1) is 0 Å². The van der Waals surface area contributed by atoms with Crippen molar-refractivity contribution in [1.29, 1.82) is 0 Å². The molecule has 1 fully saturated rings. The lowest BCUT2D eigenvalue weighted by atomic mass is 10.0. The SMILES string of the molecule is O=C(NN1CCN(OC(F)(F)F)CC1C(=O)c1ccccc1)c1ccc(F)cc1. The van der Waals surface area contributed by atoms with E-state index < -0.39 is 36.5 Å². The normalized spacial score (nSPS) is 18.4. The van der Waals surface area contributed by atoms with Crippen LogP contribution in [0.2, 0.25) is 0 Å². The van der Waals surface area contributed by atoms with Gasteiger partial charge < -0.3 is 0 Å². The van der Waals surface area contributed by atoms with Crippen LogP contribution < -0.4 is 5.43 Å². The minimum absolute atomic E-state index is 0.0910. The van der Waals surface area contributed by atoms with Gasteiger partial charge in [0, 0.05) is 30.8 Å². The molecule has 154 valence electrons. The number of ketones is 1. The number of nitrogens with one attached hydrogen (secondary N) is 1. The van der Waals surface area contributed by atoms with Crippen LogP contribution in [0.3, 0.4) is 0 Å². The standard InChI is InChI=1S/C19H17F4N3O3/c20-15-8-6-14(7-9-15)18(28)24-26-11-10-25(29-19(21,22)23)12-16(26)17(27)13-4-2-1-3-5-13/h1-9,16H,10-12H2,(H,24,28). The second-order valence-electron chi connectivity index (χ2n) is 6.31. The number of hydroxylamine groups is 2. The van der Waals surface area contributed by atoms with Crippen LogP contribution in [-0.4, -0.2) is 53.8 Å². The van der Waals surface area contributed by atoms with Crippen molar-refractivity contribution < 1.29 is 32.0 Å². The number of nitrogens with zero attached hydrogens (tertiary/aromatic N) is 2. The zero-order chi connectivity index (χ0) is 21.0. The maximum atomic E-state index is 13.0. The molecule has 1 aliphatic rings. The number of hydrazine groups is 1. The zero-order valence-electron chi connectivity index (χ0n) is 15.0. The quantitative estimate of drug-likeness (QED) is 0.606. The molecular formula is C19H17F4N3O3. The summed E-state index contributed by atoms with van der Waals surface area (Å²) in [6.45, 7) is -0.690. The van der Waals surface area contributed by atoms with Gasteiger partial charge in [0.2, 0.25) is 0 Å². The fraction of sp³-hybridized carbons (Fsp3) is 0.263. The Morgan fingerprint density at radius 2 is 1.62 bits per heavy atom. The van der Waals surface area contributed by atoms with Crippen molar-refractivity contribution in [3.05, 3.63) is 71.5 Å². The Labute approximate surface area is 163 Å². The molecule has 1 heterocycles. The van der Waals surface area contributed by atoms with Gasteiger partial charge in [-0.3, -0.25) is 15.0 Å². The number of Topliss-reactive ketones (excluding diaryl/α,β-unsaturated/α-hetero) is 1. The molecule has 0 saturated carbocycles. The molecule has 0 radical (unpaired) electrons. The third-order valence-electron chi connectivity index (χ3n) is 4.29. The highest BCUT2D eigenvalue weighted by molar-refractivity contribution is 6.01. The molecule has 1 atom stereocenters. The van der Waals surface area contributed by atoms with Crippen molar-refractivity contribution in [2.45, 2.75) is 12.4 Å². The van der Waals surface area contributed by atoms with Crippen molar-refractivity contribution in [2.75, 3.05) is 19.6 Å². The van der Waals surface area contributed by atoms with Crippen molar-refractivity contribution in [1.82, 2.24) is 15.5 Å². The monoisotopic (exact) mass is 411 g/mol. The van der Waals surface area contributed by atoms with E-state index in [0.717, 1.165) is 12.1 Å². The predicted molar refractivity (Wildman–Crippen MR) is 93.8 cm³/mol. The number of piperazine rings is 1. The number of hydrogen-bond donors (Lipinski definition) is 1. The van der Waals surface area contributed by atoms with Crippen LogP contribution in [0.1, 0.15) is 20.7 Å². The molecule has 6 nitrogen and oxygen atoms in total. The summed E-state index contributed by atoms with van der Waals surface area (Å²) >= 11 is 0. The van der Waals surface area contributed by atoms with Gasteiger partial charge in [-0.1, -0.05) is 30.3 Å². The van der Waals surface area contributed by atoms with E-state index in [0.29, 0.717) is 5.06 Å². The topological polar surface area (TPSA) is 61.9 Å². The van der Waals surface area contributed by atoms with E-state index in [2.05, 4.69) is 10.3 Å². The van der Waals surface area contributed by atoms with Gasteiger partial charge in [0.1, 0.15) is 11.9 Å². The molecule has 2 aromatic carbocycles. The van der Waals surface area contributed by atoms with Crippen LogP contribution in [0.15, 0.2) is 54.6 Å². The molecule has 10 heteroatoms. The number of amides is 1. The Balaban J connectivity index is 1.79. The fourth-order valence-electron chi connectivity index (χ4n) is 2.94. The lowest BCUT2D eigenvalue weighted by Gasteiger charge is -2.39. The number of alkyl halides is 3. The predicted octanol–water partition coefficient (Wildman–Crippen LogP) is 2.79. The summed E-state index contributed by atoms with van der Waals surface area (Å²) in [7, 11) is 0. The van der Waals surface area contributed by atoms with Gasteiger partial charge in [-0.25, -0.2) is 14.2 Å². The molecule has 1 unspecified atom stereocenters. The Kier molecular flexibility index (Phi) is 6.26. The summed E-state index contributed by atoms with van der Waals surface area (Å²) in [6, 6.07) is 11.7. The molecule has 0 aromatic heterocycles. The van der Waals surface area contributed by atoms with E-state index in [4.69, 9.17) is 0 Å². The summed E-state index contributed by atoms with van der Waals surface area (Å²) in [6.07, 6.45) is -4.89. The summed E-state index contributed by atoms with van der Waals surface area (Å²) in [4.78, 5) is 29.3. The maximum Gasteiger partial charge on any atom is 0.539 e. The van der Waals surface area contributed by atoms with Crippen LogP contribution in [0.4, 0.5) is 17.6 Å². The lowest BCUT2D eigenvalue weighted by molar-refractivity contribution is -0.418. The molecular weight excluding hydrogens is 394 g/mol. The van der Waals surface area contributed by atoms with Crippen molar-refractivity contribution in [3.63, 3.8) is 0 Å². The minimum atomic E-state index is -4.89. The van der Waals surface area contributed by atoms with Crippen LogP contribution in [0.5, 0.6) is 0 Å². The number of carbonyl (C=O) groups is 2. The van der Waals surface area contributed by atoms with Crippen molar-refractivity contribution in [3.8, 4) is 0 Å². The highest BCUT2D eigenvalue weighted by Gasteiger charge is 2.40. The summed E-state index contributed by atoms with van der Waals surface area (Å²) < 4.78 is 50.8. The van der Waals surface area contributed by atoms with Crippen molar-refractivity contribution >= 4 is 11.7 Å². The molecule has 3 rings (SSSR count). The van der Waals surface area contributed by atoms with Crippen LogP contribution in [0, 0.1) is 5.82 Å². The average Bonchev–Trinajstić information content (AvgIpc) is 2.68. The van der Waals surface area contributed by atoms with Crippen LogP contribution in [0.25, 0.3) is 0 Å². The summed E-state index contributed by atoms with van der Waals surface area (Å²) in [5, 5.41) is 1.92. The molecule has 1 amide bonds. The maximum absolute atomic E-state index is 13.0. The van der Waals surface area contributed by atoms with Gasteiger partial charge in [-0.05, 0) is 24.3 Å². The largest absolute Gasteiger partial charge is 0.539 e. The fourth-order valence-corrected chi connectivity index (χ4v) is 2.94. The van der Waals surface area contributed by atoms with Crippen molar-refractivity contribution in [2.24, 2.45) is 0 Å². The molecule has 0 bridgehead atoms. The summed E-state index contributed by atoms with van der Waals surface area (Å²) in [5.74, 6) is -1.60. The zero-order valence-corrected chi connectivity index (χ0v) is 15.0. The minimum Gasteiger partial charge on any atom is -0.292 e. The van der Waals surface area contributed by atoms with Gasteiger partial charge in [-0.2, -0.15) is 5.06 Å². The number of halogens is 4. The van der Waals surface area contributed by atoms with E-state index in [1.165, 1.54) is 29.3 Å². The highest BCUT2D eigenvalue weighted by Crippen LogP contribution is 2.22. The number of hydrogen-bond acceptors (Lipinski definition) is 5. The Morgan fingerprint density at radius 1 is 0.966 bits per heavy atom. The first kappa shape index (κ1) is 20.9. The Morgan fingerprint density at radius 3 is 2.24 bits per heavy atom. The third-order valence-corrected chi connectivity index (χ3v) is 4.29. The average molecular weight is 411 g/mol. The molecule has 0 spiro atoms. The van der Waals surface area contributed by atoms with E-state index in [1.807, 2.05) is 0 Å². The molecule has 29 heavy (non-hydrogen) atoms. The highest BCUT2D eigenvalue weighted by atomic mass is 19.4. The molecule has 1 aliphatic heterocycles. The van der Waals surface area contributed by atoms with Crippen LogP contribution >= 0.6 is 0 Å². The van der Waals surface area contributed by atoms with Gasteiger partial charge in [0.25, 0.3) is 5.91 Å². The Bertz CT molecular complexity index is 859. The van der Waals surface area contributed by atoms with E-state index in [1.54, 1.807) is 18.2 Å².